The molecule has 3 unspecified atom stereocenters. The molecule has 1 aliphatic heterocycles. The van der Waals surface area contributed by atoms with Crippen molar-refractivity contribution < 1.29 is 0 Å². The normalized spacial score (nSPS) is 20.3. The van der Waals surface area contributed by atoms with Gasteiger partial charge in [-0.2, -0.15) is 0 Å². The number of para-hydroxylation sites is 2. The molecule has 4 aliphatic rings. The van der Waals surface area contributed by atoms with Crippen molar-refractivity contribution in [2.45, 2.75) is 37.3 Å². The number of hydrogen-bond acceptors (Lipinski definition) is 1. The second-order valence-corrected chi connectivity index (χ2v) is 18.2. The summed E-state index contributed by atoms with van der Waals surface area (Å²) in [6, 6.07) is 51.0. The molecule has 10 rings (SSSR count). The van der Waals surface area contributed by atoms with Crippen molar-refractivity contribution >= 4 is 46.3 Å². The fourth-order valence-corrected chi connectivity index (χ4v) is 14.7. The maximum atomic E-state index is 2.71. The average Bonchev–Trinajstić information content (AvgIpc) is 3.73. The molecule has 2 heterocycles. The Balaban J connectivity index is 1.18. The summed E-state index contributed by atoms with van der Waals surface area (Å²) in [5, 5.41) is 7.18. The average molecular weight is 673 g/mol. The number of rotatable bonds is 6. The minimum Gasteiger partial charge on any atom is -0.357 e. The summed E-state index contributed by atoms with van der Waals surface area (Å²) in [7, 11) is -2.78. The summed E-state index contributed by atoms with van der Waals surface area (Å²) in [6.07, 6.45) is 24.4. The molecule has 0 amide bonds. The molecule has 246 valence electrons. The Bertz CT molecular complexity index is 2390. The number of aromatic nitrogens is 1. The van der Waals surface area contributed by atoms with Crippen LogP contribution >= 0.6 is 0 Å². The van der Waals surface area contributed by atoms with Gasteiger partial charge in [0, 0.05) is 28.4 Å². The first-order valence-electron chi connectivity index (χ1n) is 18.4. The van der Waals surface area contributed by atoms with Crippen LogP contribution in [0.5, 0.6) is 0 Å². The predicted octanol–water partition coefficient (Wildman–Crippen LogP) is 8.95. The Kier molecular flexibility index (Phi) is 7.28. The largest absolute Gasteiger partial charge is 0.357 e. The van der Waals surface area contributed by atoms with E-state index in [0.29, 0.717) is 12.0 Å². The number of hydrogen-bond donors (Lipinski definition) is 0. The zero-order valence-corrected chi connectivity index (χ0v) is 29.6. The number of benzene rings is 5. The quantitative estimate of drug-likeness (QED) is 0.127. The van der Waals surface area contributed by atoms with Crippen LogP contribution in [0.3, 0.4) is 0 Å². The lowest BCUT2D eigenvalue weighted by Crippen LogP contribution is -2.69. The smallest absolute Gasteiger partial charge is 0.175 e. The van der Waals surface area contributed by atoms with Crippen molar-refractivity contribution in [3.05, 3.63) is 204 Å². The van der Waals surface area contributed by atoms with E-state index < -0.39 is 8.07 Å². The third-order valence-corrected chi connectivity index (χ3v) is 16.6. The minimum atomic E-state index is -2.78. The molecule has 3 heteroatoms. The monoisotopic (exact) mass is 672 g/mol. The molecule has 0 fully saturated rings. The molecular weight excluding hydrogens is 633 g/mol. The standard InChI is InChI=1S/C48H40N2Si/c1-3-19-37(20-4-1)51(38-21-5-2-6-22-38,39-23-15-17-35(33-39)49-45-29-11-7-25-41(45)42-26-8-12-30-46(42)49)40-24-16-18-36(34-40)50-47-31-13-9-27-43(47)44-28-10-14-32-48(44)50/h1-9,11-27,29-32,34-35,41,45H,10,28,33H2. The molecule has 0 N–H and O–H groups in total. The number of nitrogens with zero attached hydrogens (tertiary/aromatic N) is 2. The van der Waals surface area contributed by atoms with Crippen molar-refractivity contribution in [2.24, 2.45) is 0 Å². The van der Waals surface area contributed by atoms with E-state index in [0.717, 1.165) is 19.3 Å². The van der Waals surface area contributed by atoms with Gasteiger partial charge in [0.25, 0.3) is 0 Å². The second kappa shape index (κ2) is 12.3. The van der Waals surface area contributed by atoms with E-state index in [-0.39, 0.29) is 6.04 Å². The maximum Gasteiger partial charge on any atom is 0.175 e. The molecule has 0 spiro atoms. The SMILES string of the molecule is C1=CC2c3ccccc3N(C3C=CC=C([Si](c4ccccc4)(c4ccccc4)c4cccc(-n5c6c(c7ccccc75)CCC=C6)c4)C3)C2C=C1. The number of allylic oxidation sites excluding steroid dienone is 5. The van der Waals surface area contributed by atoms with Gasteiger partial charge in [0.2, 0.25) is 0 Å². The fourth-order valence-electron chi connectivity index (χ4n) is 9.62. The Morgan fingerprint density at radius 2 is 1.35 bits per heavy atom. The van der Waals surface area contributed by atoms with E-state index in [1.165, 1.54) is 54.7 Å². The topological polar surface area (TPSA) is 8.17 Å². The summed E-state index contributed by atoms with van der Waals surface area (Å²) in [5.74, 6) is 0.382. The van der Waals surface area contributed by atoms with Gasteiger partial charge < -0.3 is 9.47 Å². The van der Waals surface area contributed by atoms with Crippen LogP contribution in [-0.4, -0.2) is 24.7 Å². The highest BCUT2D eigenvalue weighted by atomic mass is 28.3. The summed E-state index contributed by atoms with van der Waals surface area (Å²) in [4.78, 5) is 2.71. The van der Waals surface area contributed by atoms with Crippen molar-refractivity contribution in [2.75, 3.05) is 4.90 Å². The van der Waals surface area contributed by atoms with E-state index in [1.54, 1.807) is 5.20 Å². The van der Waals surface area contributed by atoms with Gasteiger partial charge >= 0.3 is 0 Å². The molecule has 6 aromatic rings. The van der Waals surface area contributed by atoms with Gasteiger partial charge in [0.1, 0.15) is 0 Å². The van der Waals surface area contributed by atoms with Gasteiger partial charge in [-0.1, -0.05) is 163 Å². The Hall–Kier alpha value is -5.64. The van der Waals surface area contributed by atoms with Gasteiger partial charge in [0.15, 0.2) is 8.07 Å². The summed E-state index contributed by atoms with van der Waals surface area (Å²) >= 11 is 0. The van der Waals surface area contributed by atoms with Crippen LogP contribution < -0.4 is 20.5 Å². The molecule has 5 aromatic carbocycles. The highest BCUT2D eigenvalue weighted by Crippen LogP contribution is 2.46. The molecule has 0 saturated heterocycles. The van der Waals surface area contributed by atoms with E-state index in [1.807, 2.05) is 0 Å². The number of fused-ring (bicyclic) bond motifs is 6. The van der Waals surface area contributed by atoms with Crippen LogP contribution in [0.15, 0.2) is 187 Å². The first-order valence-corrected chi connectivity index (χ1v) is 20.4. The first-order chi connectivity index (χ1) is 25.3. The predicted molar refractivity (Wildman–Crippen MR) is 218 cm³/mol. The minimum absolute atomic E-state index is 0.241. The van der Waals surface area contributed by atoms with Crippen LogP contribution in [-0.2, 0) is 6.42 Å². The van der Waals surface area contributed by atoms with E-state index in [9.17, 15) is 0 Å². The van der Waals surface area contributed by atoms with E-state index in [4.69, 9.17) is 0 Å². The summed E-state index contributed by atoms with van der Waals surface area (Å²) in [6.45, 7) is 0. The third kappa shape index (κ3) is 4.68. The van der Waals surface area contributed by atoms with Gasteiger partial charge in [-0.25, -0.2) is 0 Å². The van der Waals surface area contributed by atoms with Crippen LogP contribution in [0.25, 0.3) is 22.7 Å². The molecule has 3 aliphatic carbocycles. The number of anilines is 1. The lowest BCUT2D eigenvalue weighted by Gasteiger charge is -2.42. The number of aryl methyl sites for hydroxylation is 1. The summed E-state index contributed by atoms with van der Waals surface area (Å²) < 4.78 is 2.52. The lowest BCUT2D eigenvalue weighted by atomic mass is 9.91. The van der Waals surface area contributed by atoms with Crippen LogP contribution in [0, 0.1) is 0 Å². The van der Waals surface area contributed by atoms with Crippen molar-refractivity contribution in [1.82, 2.24) is 4.57 Å². The molecule has 51 heavy (non-hydrogen) atoms. The van der Waals surface area contributed by atoms with Crippen LogP contribution in [0.4, 0.5) is 5.69 Å². The molecule has 1 aromatic heterocycles. The Morgan fingerprint density at radius 3 is 2.20 bits per heavy atom. The maximum absolute atomic E-state index is 2.78. The van der Waals surface area contributed by atoms with Crippen molar-refractivity contribution in [3.8, 4) is 5.69 Å². The first kappa shape index (κ1) is 30.2. The molecular formula is C48H40N2Si. The van der Waals surface area contributed by atoms with Gasteiger partial charge in [-0.3, -0.25) is 0 Å². The zero-order chi connectivity index (χ0) is 33.8. The molecule has 3 atom stereocenters. The van der Waals surface area contributed by atoms with Crippen molar-refractivity contribution in [3.63, 3.8) is 0 Å². The molecule has 0 radical (unpaired) electrons. The highest BCUT2D eigenvalue weighted by Gasteiger charge is 2.46. The van der Waals surface area contributed by atoms with Gasteiger partial charge in [-0.05, 0) is 76.3 Å². The van der Waals surface area contributed by atoms with Gasteiger partial charge in [-0.15, -0.1) is 0 Å². The Morgan fingerprint density at radius 1 is 0.627 bits per heavy atom. The van der Waals surface area contributed by atoms with E-state index >= 15 is 0 Å². The second-order valence-electron chi connectivity index (χ2n) is 14.3. The Labute approximate surface area is 301 Å². The zero-order valence-electron chi connectivity index (χ0n) is 28.6. The summed E-state index contributed by atoms with van der Waals surface area (Å²) in [5.41, 5.74) is 8.11. The van der Waals surface area contributed by atoms with E-state index in [2.05, 4.69) is 198 Å². The van der Waals surface area contributed by atoms with Crippen molar-refractivity contribution in [1.29, 1.82) is 0 Å². The van der Waals surface area contributed by atoms with Gasteiger partial charge in [0.05, 0.1) is 17.6 Å². The highest BCUT2D eigenvalue weighted by molar-refractivity contribution is 7.16. The van der Waals surface area contributed by atoms with Crippen LogP contribution in [0.2, 0.25) is 0 Å². The fraction of sp³-hybridized carbons (Fsp3) is 0.125. The molecule has 0 bridgehead atoms. The molecule has 0 saturated carbocycles. The molecule has 2 nitrogen and oxygen atoms in total. The lowest BCUT2D eigenvalue weighted by molar-refractivity contribution is 0.610. The third-order valence-electron chi connectivity index (χ3n) is 11.7. The van der Waals surface area contributed by atoms with Crippen LogP contribution in [0.1, 0.15) is 35.6 Å².